The number of benzene rings is 4. The molecule has 0 aliphatic heterocycles. The van der Waals surface area contributed by atoms with Crippen LogP contribution in [0.1, 0.15) is 5.56 Å². The van der Waals surface area contributed by atoms with Crippen molar-refractivity contribution in [2.24, 2.45) is 0 Å². The predicted octanol–water partition coefficient (Wildman–Crippen LogP) is 4.41. The normalized spacial score (nSPS) is 11.6. The Balaban J connectivity index is 1.99. The molecule has 0 heterocycles. The average Bonchev–Trinajstić information content (AvgIpc) is 2.77. The summed E-state index contributed by atoms with van der Waals surface area (Å²) in [6.07, 6.45) is 2.32. The standard InChI is InChI=1S/C8H7.3C6H5.Sn/c1-2-8-6-4-3-5-7-8;3*1-2-4-6-5-3-1;/h1-7H;3*1-5H;. The van der Waals surface area contributed by atoms with E-state index >= 15 is 0 Å². The molecule has 0 saturated carbocycles. The molecule has 1 heteroatoms. The van der Waals surface area contributed by atoms with Crippen LogP contribution in [0.15, 0.2) is 125 Å². The van der Waals surface area contributed by atoms with Crippen molar-refractivity contribution in [3.8, 4) is 0 Å². The topological polar surface area (TPSA) is 0 Å². The van der Waals surface area contributed by atoms with Gasteiger partial charge >= 0.3 is 166 Å². The summed E-state index contributed by atoms with van der Waals surface area (Å²) in [6.45, 7) is 0. The summed E-state index contributed by atoms with van der Waals surface area (Å²) < 4.78 is 6.95. The van der Waals surface area contributed by atoms with Gasteiger partial charge in [0.15, 0.2) is 0 Å². The summed E-state index contributed by atoms with van der Waals surface area (Å²) in [7, 11) is 0. The van der Waals surface area contributed by atoms with Crippen molar-refractivity contribution >= 4 is 35.2 Å². The predicted molar refractivity (Wildman–Crippen MR) is 119 cm³/mol. The van der Waals surface area contributed by atoms with Crippen molar-refractivity contribution in [3.05, 3.63) is 131 Å². The minimum absolute atomic E-state index is 1.25. The van der Waals surface area contributed by atoms with Gasteiger partial charge in [0, 0.05) is 0 Å². The third-order valence-electron chi connectivity index (χ3n) is 5.01. The van der Waals surface area contributed by atoms with Crippen LogP contribution in [0.5, 0.6) is 0 Å². The molecule has 0 aliphatic carbocycles. The van der Waals surface area contributed by atoms with Crippen LogP contribution in [0, 0.1) is 0 Å². The van der Waals surface area contributed by atoms with E-state index in [-0.39, 0.29) is 0 Å². The molecule has 0 unspecified atom stereocenters. The molecule has 0 aromatic heterocycles. The third kappa shape index (κ3) is 3.76. The van der Waals surface area contributed by atoms with Crippen molar-refractivity contribution in [2.45, 2.75) is 0 Å². The molecule has 27 heavy (non-hydrogen) atoms. The third-order valence-corrected chi connectivity index (χ3v) is 17.6. The van der Waals surface area contributed by atoms with Crippen molar-refractivity contribution < 1.29 is 0 Å². The fourth-order valence-corrected chi connectivity index (χ4v) is 15.6. The van der Waals surface area contributed by atoms with E-state index in [0.29, 0.717) is 0 Å². The summed E-state index contributed by atoms with van der Waals surface area (Å²) in [5.74, 6) is 0. The molecule has 0 fully saturated rings. The Kier molecular flexibility index (Phi) is 5.55. The molecule has 0 aliphatic rings. The zero-order chi connectivity index (χ0) is 18.4. The average molecular weight is 453 g/mol. The Hall–Kier alpha value is -2.58. The van der Waals surface area contributed by atoms with Gasteiger partial charge in [0.1, 0.15) is 0 Å². The van der Waals surface area contributed by atoms with Crippen molar-refractivity contribution in [1.82, 2.24) is 0 Å². The molecule has 4 aromatic carbocycles. The van der Waals surface area contributed by atoms with Gasteiger partial charge in [-0.2, -0.15) is 0 Å². The van der Waals surface area contributed by atoms with E-state index in [1.54, 1.807) is 0 Å². The zero-order valence-corrected chi connectivity index (χ0v) is 18.1. The molecule has 0 N–H and O–H groups in total. The van der Waals surface area contributed by atoms with Crippen molar-refractivity contribution in [2.75, 3.05) is 0 Å². The van der Waals surface area contributed by atoms with Gasteiger partial charge in [-0.3, -0.25) is 0 Å². The second kappa shape index (κ2) is 8.41. The molecule has 4 aromatic rings. The molecular weight excluding hydrogens is 431 g/mol. The Morgan fingerprint density at radius 3 is 1.11 bits per heavy atom. The summed E-state index contributed by atoms with van der Waals surface area (Å²) in [4.78, 5) is 0. The van der Waals surface area contributed by atoms with E-state index in [9.17, 15) is 0 Å². The van der Waals surface area contributed by atoms with E-state index < -0.39 is 18.4 Å². The summed E-state index contributed by atoms with van der Waals surface area (Å²) in [6, 6.07) is 43.8. The summed E-state index contributed by atoms with van der Waals surface area (Å²) >= 11 is -3.28. The number of hydrogen-bond donors (Lipinski definition) is 0. The van der Waals surface area contributed by atoms with Crippen molar-refractivity contribution in [3.63, 3.8) is 0 Å². The van der Waals surface area contributed by atoms with Crippen LogP contribution in [0.25, 0.3) is 6.08 Å². The molecule has 0 bridgehead atoms. The van der Waals surface area contributed by atoms with E-state index in [0.717, 1.165) is 0 Å². The van der Waals surface area contributed by atoms with Gasteiger partial charge in [-0.15, -0.1) is 0 Å². The maximum absolute atomic E-state index is 3.28. The number of rotatable bonds is 5. The quantitative estimate of drug-likeness (QED) is 0.393. The SMILES string of the molecule is C(=[CH]\[Sn]([c]1ccccc1)([c]1ccccc1)[c]1ccccc1)/c1ccccc1. The Morgan fingerprint density at radius 1 is 0.407 bits per heavy atom. The van der Waals surface area contributed by atoms with Gasteiger partial charge < -0.3 is 0 Å². The van der Waals surface area contributed by atoms with Gasteiger partial charge in [0.25, 0.3) is 0 Å². The van der Waals surface area contributed by atoms with E-state index in [4.69, 9.17) is 0 Å². The molecule has 0 radical (unpaired) electrons. The Labute approximate surface area is 165 Å². The second-order valence-electron chi connectivity index (χ2n) is 6.65. The molecule has 0 spiro atoms. The molecule has 4 rings (SSSR count). The molecule has 0 saturated heterocycles. The first-order chi connectivity index (χ1) is 13.4. The van der Waals surface area contributed by atoms with Crippen LogP contribution in [0.3, 0.4) is 0 Å². The fraction of sp³-hybridized carbons (Fsp3) is 0. The molecular formula is C26H22Sn. The first-order valence-corrected chi connectivity index (χ1v) is 15.2. The van der Waals surface area contributed by atoms with Crippen LogP contribution in [-0.2, 0) is 0 Å². The molecule has 0 nitrogen and oxygen atoms in total. The first kappa shape index (κ1) is 17.8. The molecule has 130 valence electrons. The van der Waals surface area contributed by atoms with Crippen LogP contribution in [0.4, 0.5) is 0 Å². The Bertz CT molecular complexity index is 894. The Morgan fingerprint density at radius 2 is 0.741 bits per heavy atom. The van der Waals surface area contributed by atoms with Gasteiger partial charge in [-0.05, 0) is 0 Å². The summed E-state index contributed by atoms with van der Waals surface area (Å²) in [5, 5.41) is 0. The van der Waals surface area contributed by atoms with E-state index in [1.807, 2.05) is 0 Å². The minimum atomic E-state index is -3.28. The first-order valence-electron chi connectivity index (χ1n) is 9.30. The van der Waals surface area contributed by atoms with Crippen LogP contribution in [-0.4, -0.2) is 18.4 Å². The van der Waals surface area contributed by atoms with E-state index in [1.165, 1.54) is 16.3 Å². The van der Waals surface area contributed by atoms with Gasteiger partial charge in [0.2, 0.25) is 0 Å². The second-order valence-corrected chi connectivity index (χ2v) is 17.2. The molecule has 0 atom stereocenters. The van der Waals surface area contributed by atoms with Crippen LogP contribution >= 0.6 is 0 Å². The van der Waals surface area contributed by atoms with Crippen molar-refractivity contribution in [1.29, 1.82) is 0 Å². The fourth-order valence-electron chi connectivity index (χ4n) is 3.68. The van der Waals surface area contributed by atoms with E-state index in [2.05, 4.69) is 131 Å². The van der Waals surface area contributed by atoms with Gasteiger partial charge in [-0.1, -0.05) is 0 Å². The maximum atomic E-state index is 2.55. The number of hydrogen-bond acceptors (Lipinski definition) is 0. The van der Waals surface area contributed by atoms with Crippen LogP contribution < -0.4 is 10.7 Å². The monoisotopic (exact) mass is 454 g/mol. The van der Waals surface area contributed by atoms with Gasteiger partial charge in [-0.25, -0.2) is 0 Å². The summed E-state index contributed by atoms with van der Waals surface area (Å²) in [5.41, 5.74) is 1.25. The molecule has 0 amide bonds. The zero-order valence-electron chi connectivity index (χ0n) is 15.2. The van der Waals surface area contributed by atoms with Gasteiger partial charge in [0.05, 0.1) is 0 Å². The van der Waals surface area contributed by atoms with Crippen LogP contribution in [0.2, 0.25) is 0 Å².